The monoisotopic (exact) mass is 335 g/mol. The number of amides is 2. The quantitative estimate of drug-likeness (QED) is 0.776. The maximum absolute atomic E-state index is 13.3. The van der Waals surface area contributed by atoms with E-state index in [1.165, 1.54) is 6.07 Å². The molecule has 1 fully saturated rings. The van der Waals surface area contributed by atoms with Gasteiger partial charge in [-0.1, -0.05) is 23.7 Å². The molecule has 0 bridgehead atoms. The van der Waals surface area contributed by atoms with Crippen LogP contribution in [0.4, 0.5) is 14.5 Å². The molecule has 1 aliphatic rings. The van der Waals surface area contributed by atoms with E-state index in [2.05, 4.69) is 0 Å². The molecular weight excluding hydrogens is 324 g/mol. The van der Waals surface area contributed by atoms with Crippen LogP contribution in [0.1, 0.15) is 24.3 Å². The molecular formula is C17H12ClF2NO2. The molecule has 1 heterocycles. The van der Waals surface area contributed by atoms with E-state index < -0.39 is 23.4 Å². The van der Waals surface area contributed by atoms with Gasteiger partial charge >= 0.3 is 0 Å². The second-order valence-corrected chi connectivity index (χ2v) is 5.81. The van der Waals surface area contributed by atoms with Gasteiger partial charge < -0.3 is 0 Å². The van der Waals surface area contributed by atoms with Crippen LogP contribution in [-0.4, -0.2) is 11.8 Å². The topological polar surface area (TPSA) is 37.4 Å². The van der Waals surface area contributed by atoms with E-state index in [0.29, 0.717) is 5.02 Å². The van der Waals surface area contributed by atoms with Crippen LogP contribution in [0.15, 0.2) is 42.5 Å². The van der Waals surface area contributed by atoms with Gasteiger partial charge in [-0.15, -0.1) is 0 Å². The predicted octanol–water partition coefficient (Wildman–Crippen LogP) is 4.06. The van der Waals surface area contributed by atoms with Crippen molar-refractivity contribution in [3.63, 3.8) is 0 Å². The molecule has 0 radical (unpaired) electrons. The molecule has 118 valence electrons. The number of hydrogen-bond acceptors (Lipinski definition) is 2. The van der Waals surface area contributed by atoms with Gasteiger partial charge in [0.2, 0.25) is 11.8 Å². The zero-order valence-corrected chi connectivity index (χ0v) is 12.7. The Morgan fingerprint density at radius 3 is 2.09 bits per heavy atom. The number of benzene rings is 2. The Balaban J connectivity index is 1.85. The van der Waals surface area contributed by atoms with Crippen molar-refractivity contribution in [1.29, 1.82) is 0 Å². The highest BCUT2D eigenvalue weighted by Gasteiger charge is 2.34. The van der Waals surface area contributed by atoms with Gasteiger partial charge in [0.15, 0.2) is 11.6 Å². The van der Waals surface area contributed by atoms with Crippen LogP contribution < -0.4 is 4.90 Å². The number of carbonyl (C=O) groups excluding carboxylic acids is 2. The van der Waals surface area contributed by atoms with E-state index in [4.69, 9.17) is 11.6 Å². The fraction of sp³-hybridized carbons (Fsp3) is 0.176. The summed E-state index contributed by atoms with van der Waals surface area (Å²) >= 11 is 5.83. The van der Waals surface area contributed by atoms with Crippen molar-refractivity contribution in [3.05, 3.63) is 64.7 Å². The molecule has 0 saturated carbocycles. The summed E-state index contributed by atoms with van der Waals surface area (Å²) in [5.74, 6) is -3.24. The number of carbonyl (C=O) groups is 2. The predicted molar refractivity (Wildman–Crippen MR) is 82.3 cm³/mol. The molecule has 23 heavy (non-hydrogen) atoms. The first-order valence-electron chi connectivity index (χ1n) is 7.02. The third-order valence-electron chi connectivity index (χ3n) is 3.84. The summed E-state index contributed by atoms with van der Waals surface area (Å²) in [6.07, 6.45) is 0.235. The highest BCUT2D eigenvalue weighted by atomic mass is 35.5. The summed E-state index contributed by atoms with van der Waals surface area (Å²) in [4.78, 5) is 25.5. The van der Waals surface area contributed by atoms with Crippen LogP contribution in [0.2, 0.25) is 5.02 Å². The third kappa shape index (κ3) is 3.10. The SMILES string of the molecule is O=C1CC(c2ccc(Cl)cc2)CC(=O)N1c1ccc(F)c(F)c1. The Morgan fingerprint density at radius 1 is 0.913 bits per heavy atom. The van der Waals surface area contributed by atoms with Gasteiger partial charge in [0, 0.05) is 29.8 Å². The van der Waals surface area contributed by atoms with Crippen molar-refractivity contribution in [2.45, 2.75) is 18.8 Å². The van der Waals surface area contributed by atoms with Crippen molar-refractivity contribution >= 4 is 29.1 Å². The average Bonchev–Trinajstić information content (AvgIpc) is 2.51. The summed E-state index contributed by atoms with van der Waals surface area (Å²) < 4.78 is 26.3. The standard InChI is InChI=1S/C17H12ClF2NO2/c18-12-3-1-10(2-4-12)11-7-16(22)21(17(23)8-11)13-5-6-14(19)15(20)9-13/h1-6,9,11H,7-8H2. The number of rotatable bonds is 2. The summed E-state index contributed by atoms with van der Waals surface area (Å²) in [5, 5.41) is 0.575. The fourth-order valence-corrected chi connectivity index (χ4v) is 2.82. The van der Waals surface area contributed by atoms with Crippen molar-refractivity contribution in [3.8, 4) is 0 Å². The van der Waals surface area contributed by atoms with Gasteiger partial charge in [0.25, 0.3) is 0 Å². The average molecular weight is 336 g/mol. The Hall–Kier alpha value is -2.27. The zero-order valence-electron chi connectivity index (χ0n) is 11.9. The minimum Gasteiger partial charge on any atom is -0.274 e. The summed E-state index contributed by atoms with van der Waals surface area (Å²) in [5.41, 5.74) is 0.898. The molecule has 2 aromatic rings. The fourth-order valence-electron chi connectivity index (χ4n) is 2.70. The van der Waals surface area contributed by atoms with Crippen LogP contribution >= 0.6 is 11.6 Å². The smallest absolute Gasteiger partial charge is 0.234 e. The number of halogens is 3. The molecule has 2 amide bonds. The van der Waals surface area contributed by atoms with Crippen LogP contribution in [0, 0.1) is 11.6 Å². The minimum atomic E-state index is -1.09. The molecule has 2 aromatic carbocycles. The lowest BCUT2D eigenvalue weighted by molar-refractivity contribution is -0.129. The lowest BCUT2D eigenvalue weighted by atomic mass is 9.88. The second kappa shape index (κ2) is 6.08. The molecule has 0 atom stereocenters. The molecule has 3 rings (SSSR count). The lowest BCUT2D eigenvalue weighted by Gasteiger charge is -2.30. The van der Waals surface area contributed by atoms with Gasteiger partial charge in [0.1, 0.15) is 0 Å². The summed E-state index contributed by atoms with van der Waals surface area (Å²) in [7, 11) is 0. The largest absolute Gasteiger partial charge is 0.274 e. The molecule has 0 unspecified atom stereocenters. The van der Waals surface area contributed by atoms with Crippen molar-refractivity contribution < 1.29 is 18.4 Å². The molecule has 0 N–H and O–H groups in total. The molecule has 0 aliphatic carbocycles. The molecule has 1 saturated heterocycles. The third-order valence-corrected chi connectivity index (χ3v) is 4.10. The second-order valence-electron chi connectivity index (χ2n) is 5.38. The molecule has 3 nitrogen and oxygen atoms in total. The van der Waals surface area contributed by atoms with Crippen LogP contribution in [0.3, 0.4) is 0 Å². The normalized spacial score (nSPS) is 16.0. The van der Waals surface area contributed by atoms with Crippen LogP contribution in [-0.2, 0) is 9.59 Å². The zero-order chi connectivity index (χ0) is 16.6. The van der Waals surface area contributed by atoms with E-state index in [-0.39, 0.29) is 24.4 Å². The maximum atomic E-state index is 13.3. The summed E-state index contributed by atoms with van der Waals surface area (Å²) in [6, 6.07) is 9.93. The van der Waals surface area contributed by atoms with E-state index >= 15 is 0 Å². The van der Waals surface area contributed by atoms with Crippen molar-refractivity contribution in [2.24, 2.45) is 0 Å². The van der Waals surface area contributed by atoms with Crippen LogP contribution in [0.5, 0.6) is 0 Å². The van der Waals surface area contributed by atoms with Gasteiger partial charge in [-0.25, -0.2) is 8.78 Å². The van der Waals surface area contributed by atoms with Crippen molar-refractivity contribution in [1.82, 2.24) is 0 Å². The first kappa shape index (κ1) is 15.6. The minimum absolute atomic E-state index is 0.0495. The van der Waals surface area contributed by atoms with Crippen molar-refractivity contribution in [2.75, 3.05) is 4.90 Å². The number of imide groups is 1. The molecule has 1 aliphatic heterocycles. The highest BCUT2D eigenvalue weighted by molar-refractivity contribution is 6.30. The Labute approximate surface area is 136 Å². The molecule has 6 heteroatoms. The lowest BCUT2D eigenvalue weighted by Crippen LogP contribution is -2.42. The number of anilines is 1. The number of piperidine rings is 1. The van der Waals surface area contributed by atoms with E-state index in [1.807, 2.05) is 0 Å². The van der Waals surface area contributed by atoms with Gasteiger partial charge in [-0.05, 0) is 29.8 Å². The van der Waals surface area contributed by atoms with Gasteiger partial charge in [-0.3, -0.25) is 14.5 Å². The van der Waals surface area contributed by atoms with E-state index in [9.17, 15) is 18.4 Å². The van der Waals surface area contributed by atoms with Gasteiger partial charge in [-0.2, -0.15) is 0 Å². The summed E-state index contributed by atoms with van der Waals surface area (Å²) in [6.45, 7) is 0. The molecule has 0 spiro atoms. The highest BCUT2D eigenvalue weighted by Crippen LogP contribution is 2.33. The first-order chi connectivity index (χ1) is 11.0. The Kier molecular flexibility index (Phi) is 4.13. The Morgan fingerprint density at radius 2 is 1.52 bits per heavy atom. The van der Waals surface area contributed by atoms with E-state index in [0.717, 1.165) is 22.6 Å². The van der Waals surface area contributed by atoms with Crippen LogP contribution in [0.25, 0.3) is 0 Å². The Bertz CT molecular complexity index is 759. The molecule has 0 aromatic heterocycles. The number of hydrogen-bond donors (Lipinski definition) is 0. The van der Waals surface area contributed by atoms with E-state index in [1.54, 1.807) is 24.3 Å². The number of nitrogens with zero attached hydrogens (tertiary/aromatic N) is 1. The first-order valence-corrected chi connectivity index (χ1v) is 7.40. The van der Waals surface area contributed by atoms with Gasteiger partial charge in [0.05, 0.1) is 5.69 Å². The maximum Gasteiger partial charge on any atom is 0.234 e.